The third-order valence-corrected chi connectivity index (χ3v) is 11.9. The quantitative estimate of drug-likeness (QED) is 0.0784. The van der Waals surface area contributed by atoms with Gasteiger partial charge in [-0.1, -0.05) is 200 Å². The molecule has 0 aliphatic heterocycles. The zero-order chi connectivity index (χ0) is 38.6. The van der Waals surface area contributed by atoms with E-state index in [1.165, 1.54) is 86.7 Å². The summed E-state index contributed by atoms with van der Waals surface area (Å²) in [4.78, 5) is 5.43. The smallest absolute Gasteiger partial charge is 0.131 e. The van der Waals surface area contributed by atoms with E-state index in [9.17, 15) is 0 Å². The first-order valence-corrected chi connectivity index (χ1v) is 20.0. The normalized spacial score (nSPS) is 12.5. The van der Waals surface area contributed by atoms with Crippen LogP contribution in [0.1, 0.15) is 16.7 Å². The molecule has 11 aromatic carbocycles. The van der Waals surface area contributed by atoms with Gasteiger partial charge < -0.3 is 5.73 Å². The van der Waals surface area contributed by atoms with E-state index in [-0.39, 0.29) is 0 Å². The zero-order valence-electron chi connectivity index (χ0n) is 31.9. The first kappa shape index (κ1) is 33.8. The number of nitrogens with two attached hydrogens (primary N) is 1. The Labute approximate surface area is 336 Å². The van der Waals surface area contributed by atoms with Gasteiger partial charge in [0.1, 0.15) is 5.84 Å². The Morgan fingerprint density at radius 2 is 0.931 bits per heavy atom. The van der Waals surface area contributed by atoms with E-state index in [4.69, 9.17) is 10.7 Å². The molecule has 0 heterocycles. The molecule has 2 heteroatoms. The number of allylic oxidation sites excluding steroid dienone is 1. The van der Waals surface area contributed by atoms with Crippen LogP contribution in [-0.4, -0.2) is 5.84 Å². The van der Waals surface area contributed by atoms with Crippen LogP contribution in [0.3, 0.4) is 0 Å². The van der Waals surface area contributed by atoms with Crippen molar-refractivity contribution in [3.8, 4) is 11.1 Å². The van der Waals surface area contributed by atoms with Gasteiger partial charge in [-0.2, -0.15) is 0 Å². The standard InChI is InChI=1S/C56H38N2/c57-56(38-20-5-2-6-21-38)58-51(34-32-39-35-50-44-26-11-10-24-42(44)43-25-12-14-28-46(43)53(50)45-27-13-9-22-40(39)45)55-48-30-16-15-29-47(48)52(37-18-3-1-4-19-37)49-33-31-36-17-7-8-23-41(36)54(49)55/h1-31,33-35H,32H2,(H2,57,58)/b51-34-. The Kier molecular flexibility index (Phi) is 8.08. The number of aliphatic imine (C=N–C) groups is 1. The monoisotopic (exact) mass is 738 g/mol. The molecule has 0 saturated carbocycles. The van der Waals surface area contributed by atoms with E-state index in [0.29, 0.717) is 12.3 Å². The lowest BCUT2D eigenvalue weighted by Gasteiger charge is -2.20. The molecule has 0 saturated heterocycles. The number of fused-ring (bicyclic) bond motifs is 12. The number of benzene rings is 11. The van der Waals surface area contributed by atoms with Crippen LogP contribution in [0.15, 0.2) is 211 Å². The highest BCUT2D eigenvalue weighted by atomic mass is 14.9. The highest BCUT2D eigenvalue weighted by Gasteiger charge is 2.21. The van der Waals surface area contributed by atoms with E-state index in [2.05, 4.69) is 176 Å². The fourth-order valence-electron chi connectivity index (χ4n) is 9.35. The maximum Gasteiger partial charge on any atom is 0.131 e. The number of nitrogens with zero attached hydrogens (tertiary/aromatic N) is 1. The molecule has 0 fully saturated rings. The highest BCUT2D eigenvalue weighted by molar-refractivity contribution is 6.32. The summed E-state index contributed by atoms with van der Waals surface area (Å²) in [6.45, 7) is 0. The Bertz CT molecular complexity index is 3470. The number of hydrogen-bond acceptors (Lipinski definition) is 1. The van der Waals surface area contributed by atoms with Crippen LogP contribution >= 0.6 is 0 Å². The van der Waals surface area contributed by atoms with Crippen LogP contribution < -0.4 is 5.73 Å². The molecular formula is C56H38N2. The lowest BCUT2D eigenvalue weighted by atomic mass is 9.85. The van der Waals surface area contributed by atoms with Gasteiger partial charge in [0.05, 0.1) is 5.70 Å². The number of hydrogen-bond donors (Lipinski definition) is 1. The molecule has 0 bridgehead atoms. The van der Waals surface area contributed by atoms with E-state index in [0.717, 1.165) is 22.2 Å². The average molecular weight is 739 g/mol. The van der Waals surface area contributed by atoms with E-state index in [1.54, 1.807) is 0 Å². The summed E-state index contributed by atoms with van der Waals surface area (Å²) in [5.41, 5.74) is 13.5. The van der Waals surface area contributed by atoms with Gasteiger partial charge in [-0.15, -0.1) is 0 Å². The first-order chi connectivity index (χ1) is 28.7. The van der Waals surface area contributed by atoms with Crippen LogP contribution in [0.2, 0.25) is 0 Å². The Morgan fingerprint density at radius 3 is 1.64 bits per heavy atom. The third-order valence-electron chi connectivity index (χ3n) is 11.9. The molecule has 11 rings (SSSR count). The van der Waals surface area contributed by atoms with Crippen molar-refractivity contribution in [1.29, 1.82) is 0 Å². The average Bonchev–Trinajstić information content (AvgIpc) is 3.30. The lowest BCUT2D eigenvalue weighted by molar-refractivity contribution is 1.29. The molecule has 0 atom stereocenters. The van der Waals surface area contributed by atoms with Crippen molar-refractivity contribution in [1.82, 2.24) is 0 Å². The van der Waals surface area contributed by atoms with Gasteiger partial charge in [-0.05, 0) is 99.2 Å². The third kappa shape index (κ3) is 5.45. The summed E-state index contributed by atoms with van der Waals surface area (Å²) in [7, 11) is 0. The Morgan fingerprint density at radius 1 is 0.414 bits per heavy atom. The minimum atomic E-state index is 0.484. The van der Waals surface area contributed by atoms with Gasteiger partial charge in [0, 0.05) is 16.5 Å². The molecule has 0 unspecified atom stereocenters. The Balaban J connectivity index is 1.24. The molecule has 0 aromatic heterocycles. The number of amidine groups is 1. The zero-order valence-corrected chi connectivity index (χ0v) is 31.9. The Hall–Kier alpha value is -7.55. The van der Waals surface area contributed by atoms with Crippen LogP contribution in [0.25, 0.3) is 92.2 Å². The fraction of sp³-hybridized carbons (Fsp3) is 0.0179. The predicted molar refractivity (Wildman–Crippen MR) is 250 cm³/mol. The molecular weight excluding hydrogens is 701 g/mol. The SMILES string of the molecule is N/C(=N\C(=C/Cc1cc2c3ccccc3c3ccccc3c2c2ccccc12)c1c2ccccc2c(-c2ccccc2)c2ccc3ccccc3c12)c1ccccc1. The second-order valence-electron chi connectivity index (χ2n) is 15.1. The van der Waals surface area contributed by atoms with Crippen molar-refractivity contribution in [2.24, 2.45) is 10.7 Å². The molecule has 11 aromatic rings. The second kappa shape index (κ2) is 13.9. The van der Waals surface area contributed by atoms with Gasteiger partial charge >= 0.3 is 0 Å². The molecule has 0 aliphatic carbocycles. The van der Waals surface area contributed by atoms with Crippen molar-refractivity contribution in [3.63, 3.8) is 0 Å². The van der Waals surface area contributed by atoms with Crippen molar-refractivity contribution < 1.29 is 0 Å². The molecule has 2 N–H and O–H groups in total. The van der Waals surface area contributed by atoms with Crippen molar-refractivity contribution in [2.45, 2.75) is 6.42 Å². The molecule has 0 aliphatic rings. The molecule has 0 spiro atoms. The van der Waals surface area contributed by atoms with Gasteiger partial charge in [0.25, 0.3) is 0 Å². The van der Waals surface area contributed by atoms with E-state index >= 15 is 0 Å². The number of rotatable bonds is 6. The molecule has 58 heavy (non-hydrogen) atoms. The summed E-state index contributed by atoms with van der Waals surface area (Å²) >= 11 is 0. The first-order valence-electron chi connectivity index (χ1n) is 20.0. The van der Waals surface area contributed by atoms with Crippen LogP contribution in [-0.2, 0) is 6.42 Å². The van der Waals surface area contributed by atoms with E-state index in [1.807, 2.05) is 30.3 Å². The van der Waals surface area contributed by atoms with Crippen LogP contribution in [0, 0.1) is 0 Å². The maximum atomic E-state index is 7.01. The largest absolute Gasteiger partial charge is 0.383 e. The summed E-state index contributed by atoms with van der Waals surface area (Å²) in [6, 6.07) is 71.9. The topological polar surface area (TPSA) is 38.4 Å². The summed E-state index contributed by atoms with van der Waals surface area (Å²) < 4.78 is 0. The molecule has 272 valence electrons. The van der Waals surface area contributed by atoms with Gasteiger partial charge in [0.15, 0.2) is 0 Å². The van der Waals surface area contributed by atoms with Crippen molar-refractivity contribution in [2.75, 3.05) is 0 Å². The van der Waals surface area contributed by atoms with Gasteiger partial charge in [-0.25, -0.2) is 4.99 Å². The van der Waals surface area contributed by atoms with Crippen LogP contribution in [0.5, 0.6) is 0 Å². The van der Waals surface area contributed by atoms with E-state index < -0.39 is 0 Å². The summed E-state index contributed by atoms with van der Waals surface area (Å²) in [5.74, 6) is 0.484. The highest BCUT2D eigenvalue weighted by Crippen LogP contribution is 2.46. The summed E-state index contributed by atoms with van der Waals surface area (Å²) in [6.07, 6.45) is 2.97. The summed E-state index contributed by atoms with van der Waals surface area (Å²) in [5, 5.41) is 17.2. The molecule has 2 nitrogen and oxygen atoms in total. The minimum Gasteiger partial charge on any atom is -0.383 e. The van der Waals surface area contributed by atoms with Crippen molar-refractivity contribution in [3.05, 3.63) is 223 Å². The minimum absolute atomic E-state index is 0.484. The van der Waals surface area contributed by atoms with Gasteiger partial charge in [0.2, 0.25) is 0 Å². The van der Waals surface area contributed by atoms with Crippen LogP contribution in [0.4, 0.5) is 0 Å². The molecule has 0 radical (unpaired) electrons. The molecule has 0 amide bonds. The maximum absolute atomic E-state index is 7.01. The predicted octanol–water partition coefficient (Wildman–Crippen LogP) is 14.4. The second-order valence-corrected chi connectivity index (χ2v) is 15.1. The lowest BCUT2D eigenvalue weighted by Crippen LogP contribution is -2.13. The van der Waals surface area contributed by atoms with Crippen molar-refractivity contribution >= 4 is 86.9 Å². The fourth-order valence-corrected chi connectivity index (χ4v) is 9.35. The van der Waals surface area contributed by atoms with Gasteiger partial charge in [-0.3, -0.25) is 0 Å².